The van der Waals surface area contributed by atoms with Crippen LogP contribution in [0.4, 0.5) is 15.4 Å². The molecule has 1 aromatic heterocycles. The number of carbonyl (C=O) groups excluding carboxylic acids is 3. The Labute approximate surface area is 213 Å². The van der Waals surface area contributed by atoms with E-state index in [4.69, 9.17) is 4.74 Å². The molecule has 0 radical (unpaired) electrons. The largest absolute Gasteiger partial charge is 0.444 e. The summed E-state index contributed by atoms with van der Waals surface area (Å²) in [5, 5.41) is 6.23. The van der Waals surface area contributed by atoms with E-state index in [9.17, 15) is 14.4 Å². The quantitative estimate of drug-likeness (QED) is 0.644. The van der Waals surface area contributed by atoms with Gasteiger partial charge in [-0.1, -0.05) is 6.07 Å². The molecule has 3 fully saturated rings. The van der Waals surface area contributed by atoms with Crippen molar-refractivity contribution in [2.75, 3.05) is 44.2 Å². The fourth-order valence-electron chi connectivity index (χ4n) is 5.25. The smallest absolute Gasteiger partial charge is 0.410 e. The number of anilines is 1. The van der Waals surface area contributed by atoms with Crippen LogP contribution in [0, 0.1) is 5.92 Å². The van der Waals surface area contributed by atoms with E-state index in [0.717, 1.165) is 51.1 Å². The number of carbonyl (C=O) groups is 3. The Morgan fingerprint density at radius 2 is 1.86 bits per heavy atom. The predicted molar refractivity (Wildman–Crippen MR) is 137 cm³/mol. The van der Waals surface area contributed by atoms with E-state index in [1.807, 2.05) is 43.9 Å². The van der Waals surface area contributed by atoms with Gasteiger partial charge in [0.05, 0.1) is 0 Å². The van der Waals surface area contributed by atoms with Gasteiger partial charge in [-0.3, -0.25) is 9.69 Å². The van der Waals surface area contributed by atoms with Crippen LogP contribution in [0.3, 0.4) is 0 Å². The molecule has 0 bridgehead atoms. The number of likely N-dealkylation sites (tertiary alicyclic amines) is 2. The third-order valence-electron chi connectivity index (χ3n) is 7.04. The lowest BCUT2D eigenvalue weighted by Crippen LogP contribution is -2.52. The zero-order chi connectivity index (χ0) is 25.7. The van der Waals surface area contributed by atoms with Gasteiger partial charge in [0.2, 0.25) is 5.91 Å². The van der Waals surface area contributed by atoms with E-state index in [1.165, 1.54) is 4.90 Å². The highest BCUT2D eigenvalue weighted by molar-refractivity contribution is 5.86. The highest BCUT2D eigenvalue weighted by atomic mass is 16.6. The Bertz CT molecular complexity index is 921. The van der Waals surface area contributed by atoms with Crippen molar-refractivity contribution in [3.8, 4) is 0 Å². The lowest BCUT2D eigenvalue weighted by atomic mass is 9.98. The Morgan fingerprint density at radius 3 is 2.61 bits per heavy atom. The second kappa shape index (κ2) is 11.3. The van der Waals surface area contributed by atoms with Crippen molar-refractivity contribution < 1.29 is 19.1 Å². The molecule has 36 heavy (non-hydrogen) atoms. The van der Waals surface area contributed by atoms with Crippen molar-refractivity contribution >= 4 is 23.8 Å². The van der Waals surface area contributed by atoms with Crippen molar-refractivity contribution in [1.82, 2.24) is 25.4 Å². The van der Waals surface area contributed by atoms with E-state index in [0.29, 0.717) is 26.1 Å². The van der Waals surface area contributed by atoms with Crippen LogP contribution in [0.5, 0.6) is 0 Å². The van der Waals surface area contributed by atoms with Crippen LogP contribution in [-0.4, -0.2) is 89.8 Å². The molecule has 4 amide bonds. The average Bonchev–Trinajstić information content (AvgIpc) is 3.52. The molecule has 1 aromatic rings. The summed E-state index contributed by atoms with van der Waals surface area (Å²) < 4.78 is 5.47. The van der Waals surface area contributed by atoms with Crippen molar-refractivity contribution in [2.24, 2.45) is 5.92 Å². The van der Waals surface area contributed by atoms with Gasteiger partial charge in [-0.25, -0.2) is 14.6 Å². The summed E-state index contributed by atoms with van der Waals surface area (Å²) in [6.07, 6.45) is 5.54. The highest BCUT2D eigenvalue weighted by Gasteiger charge is 2.37. The normalized spacial score (nSPS) is 24.5. The lowest BCUT2D eigenvalue weighted by Gasteiger charge is -2.34. The predicted octanol–water partition coefficient (Wildman–Crippen LogP) is 2.60. The van der Waals surface area contributed by atoms with Gasteiger partial charge in [-0.2, -0.15) is 0 Å². The molecule has 0 aromatic carbocycles. The van der Waals surface area contributed by atoms with Gasteiger partial charge in [-0.15, -0.1) is 0 Å². The first-order valence-electron chi connectivity index (χ1n) is 13.2. The van der Waals surface area contributed by atoms with Gasteiger partial charge >= 0.3 is 12.1 Å². The van der Waals surface area contributed by atoms with Crippen LogP contribution >= 0.6 is 0 Å². The van der Waals surface area contributed by atoms with Gasteiger partial charge in [0.15, 0.2) is 0 Å². The topological polar surface area (TPSA) is 107 Å². The minimum absolute atomic E-state index is 0.0363. The van der Waals surface area contributed by atoms with E-state index >= 15 is 0 Å². The van der Waals surface area contributed by atoms with Crippen LogP contribution in [0.25, 0.3) is 0 Å². The van der Waals surface area contributed by atoms with Gasteiger partial charge in [0, 0.05) is 51.5 Å². The SMILES string of the molecule is CC(C)(C)OC(=O)N1CCCC1C(=O)NCC1CCCN(C(=O)NC2CCN(c3ccccn3)C2)C1. The fourth-order valence-corrected chi connectivity index (χ4v) is 5.25. The van der Waals surface area contributed by atoms with Crippen LogP contribution in [0.1, 0.15) is 52.9 Å². The standard InChI is InChI=1S/C26H40N6O4/c1-26(2,3)36-25(35)32-14-7-9-21(32)23(33)28-16-19-8-6-13-31(17-19)24(34)29-20-11-15-30(18-20)22-10-4-5-12-27-22/h4-5,10,12,19-21H,6-9,11,13-18H2,1-3H3,(H,28,33)(H,29,34). The van der Waals surface area contributed by atoms with E-state index in [-0.39, 0.29) is 23.9 Å². The number of rotatable bonds is 5. The monoisotopic (exact) mass is 500 g/mol. The summed E-state index contributed by atoms with van der Waals surface area (Å²) in [4.78, 5) is 48.4. The maximum Gasteiger partial charge on any atom is 0.410 e. The number of hydrogen-bond acceptors (Lipinski definition) is 6. The lowest BCUT2D eigenvalue weighted by molar-refractivity contribution is -0.125. The second-order valence-corrected chi connectivity index (χ2v) is 11.1. The third kappa shape index (κ3) is 6.79. The van der Waals surface area contributed by atoms with E-state index in [2.05, 4.69) is 20.5 Å². The molecule has 3 atom stereocenters. The van der Waals surface area contributed by atoms with Crippen LogP contribution in [0.2, 0.25) is 0 Å². The summed E-state index contributed by atoms with van der Waals surface area (Å²) in [5.41, 5.74) is -0.595. The number of aromatic nitrogens is 1. The Morgan fingerprint density at radius 1 is 1.06 bits per heavy atom. The van der Waals surface area contributed by atoms with Crippen LogP contribution in [-0.2, 0) is 9.53 Å². The average molecular weight is 501 g/mol. The second-order valence-electron chi connectivity index (χ2n) is 11.1. The zero-order valence-electron chi connectivity index (χ0n) is 21.7. The molecule has 4 rings (SSSR count). The van der Waals surface area contributed by atoms with Gasteiger partial charge in [0.25, 0.3) is 0 Å². The van der Waals surface area contributed by atoms with E-state index in [1.54, 1.807) is 6.20 Å². The summed E-state index contributed by atoms with van der Waals surface area (Å²) in [5.74, 6) is 0.995. The number of urea groups is 1. The fraction of sp³-hybridized carbons (Fsp3) is 0.692. The molecular weight excluding hydrogens is 460 g/mol. The van der Waals surface area contributed by atoms with E-state index < -0.39 is 17.7 Å². The minimum Gasteiger partial charge on any atom is -0.444 e. The molecule has 198 valence electrons. The van der Waals surface area contributed by atoms with Crippen LogP contribution < -0.4 is 15.5 Å². The number of pyridine rings is 1. The highest BCUT2D eigenvalue weighted by Crippen LogP contribution is 2.22. The van der Waals surface area contributed by atoms with Crippen molar-refractivity contribution in [1.29, 1.82) is 0 Å². The summed E-state index contributed by atoms with van der Waals surface area (Å²) in [6.45, 7) is 9.47. The molecule has 0 saturated carbocycles. The number of hydrogen-bond donors (Lipinski definition) is 2. The number of ether oxygens (including phenoxy) is 1. The number of nitrogens with one attached hydrogen (secondary N) is 2. The first-order chi connectivity index (χ1) is 17.2. The Balaban J connectivity index is 1.22. The third-order valence-corrected chi connectivity index (χ3v) is 7.04. The number of amides is 4. The summed E-state index contributed by atoms with van der Waals surface area (Å²) in [6, 6.07) is 5.44. The summed E-state index contributed by atoms with van der Waals surface area (Å²) >= 11 is 0. The van der Waals surface area contributed by atoms with Crippen molar-refractivity contribution in [2.45, 2.75) is 70.6 Å². The molecule has 10 nitrogen and oxygen atoms in total. The molecule has 3 aliphatic heterocycles. The molecule has 10 heteroatoms. The maximum atomic E-state index is 13.0. The first-order valence-corrected chi connectivity index (χ1v) is 13.2. The minimum atomic E-state index is -0.595. The maximum absolute atomic E-state index is 13.0. The molecule has 0 spiro atoms. The first kappa shape index (κ1) is 26.0. The zero-order valence-corrected chi connectivity index (χ0v) is 21.7. The molecule has 0 aliphatic carbocycles. The summed E-state index contributed by atoms with van der Waals surface area (Å²) in [7, 11) is 0. The van der Waals surface area contributed by atoms with Crippen molar-refractivity contribution in [3.05, 3.63) is 24.4 Å². The molecule has 2 N–H and O–H groups in total. The Hall–Kier alpha value is -3.04. The number of piperidine rings is 1. The van der Waals surface area contributed by atoms with Crippen molar-refractivity contribution in [3.63, 3.8) is 0 Å². The molecule has 3 aliphatic rings. The molecule has 3 unspecified atom stereocenters. The molecular formula is C26H40N6O4. The molecule has 4 heterocycles. The number of nitrogens with zero attached hydrogens (tertiary/aromatic N) is 4. The van der Waals surface area contributed by atoms with Gasteiger partial charge < -0.3 is 25.2 Å². The van der Waals surface area contributed by atoms with Crippen LogP contribution in [0.15, 0.2) is 24.4 Å². The van der Waals surface area contributed by atoms with Gasteiger partial charge in [0.1, 0.15) is 17.5 Å². The van der Waals surface area contributed by atoms with Gasteiger partial charge in [-0.05, 0) is 70.9 Å². The molecule has 3 saturated heterocycles. The Kier molecular flexibility index (Phi) is 8.21.